The van der Waals surface area contributed by atoms with Crippen molar-refractivity contribution < 1.29 is 12.8 Å². The first-order chi connectivity index (χ1) is 13.9. The normalized spacial score (nSPS) is 28.7. The lowest BCUT2D eigenvalue weighted by atomic mass is 9.70. The van der Waals surface area contributed by atoms with Gasteiger partial charge in [-0.15, -0.1) is 0 Å². The Morgan fingerprint density at radius 2 is 1.77 bits per heavy atom. The summed E-state index contributed by atoms with van der Waals surface area (Å²) in [6.45, 7) is 13.3. The van der Waals surface area contributed by atoms with Gasteiger partial charge >= 0.3 is 0 Å². The predicted octanol–water partition coefficient (Wildman–Crippen LogP) is 6.67. The van der Waals surface area contributed by atoms with Crippen molar-refractivity contribution in [1.29, 1.82) is 0 Å². The first-order valence-corrected chi connectivity index (χ1v) is 15.4. The predicted molar refractivity (Wildman–Crippen MR) is 128 cm³/mol. The highest BCUT2D eigenvalue weighted by molar-refractivity contribution is 7.92. The maximum absolute atomic E-state index is 13.7. The largest absolute Gasteiger partial charge is 0.544 e. The minimum absolute atomic E-state index is 0.0821. The summed E-state index contributed by atoms with van der Waals surface area (Å²) in [6.07, 6.45) is 13.1. The molecule has 5 heteroatoms. The van der Waals surface area contributed by atoms with E-state index in [-0.39, 0.29) is 16.4 Å². The molecule has 0 heterocycles. The second-order valence-corrected chi connectivity index (χ2v) is 17.3. The van der Waals surface area contributed by atoms with E-state index in [0.717, 1.165) is 18.6 Å². The van der Waals surface area contributed by atoms with Gasteiger partial charge in [-0.25, -0.2) is 8.42 Å². The fourth-order valence-electron chi connectivity index (χ4n) is 4.06. The van der Waals surface area contributed by atoms with E-state index in [2.05, 4.69) is 71.2 Å². The van der Waals surface area contributed by atoms with Gasteiger partial charge < -0.3 is 4.43 Å². The van der Waals surface area contributed by atoms with Crippen molar-refractivity contribution in [2.75, 3.05) is 0 Å². The molecule has 0 saturated heterocycles. The molecule has 0 aromatic heterocycles. The third-order valence-electron chi connectivity index (χ3n) is 7.06. The molecule has 0 fully saturated rings. The van der Waals surface area contributed by atoms with Crippen molar-refractivity contribution in [3.8, 4) is 0 Å². The molecule has 0 unspecified atom stereocenters. The maximum atomic E-state index is 13.7. The molecular formula is C25H36O3SSi. The zero-order chi connectivity index (χ0) is 22.2. The Balaban J connectivity index is 2.05. The van der Waals surface area contributed by atoms with Crippen LogP contribution in [0.2, 0.25) is 18.1 Å². The van der Waals surface area contributed by atoms with Crippen molar-refractivity contribution in [3.05, 3.63) is 66.5 Å². The molecule has 3 nitrogen and oxygen atoms in total. The van der Waals surface area contributed by atoms with Crippen LogP contribution in [0.4, 0.5) is 0 Å². The van der Waals surface area contributed by atoms with E-state index >= 15 is 0 Å². The summed E-state index contributed by atoms with van der Waals surface area (Å²) >= 11 is 0. The number of fused-ring (bicyclic) bond motifs is 1. The van der Waals surface area contributed by atoms with Crippen molar-refractivity contribution in [1.82, 2.24) is 0 Å². The number of hydrogen-bond donors (Lipinski definition) is 0. The molecule has 0 bridgehead atoms. The van der Waals surface area contributed by atoms with E-state index in [1.54, 1.807) is 24.3 Å². The van der Waals surface area contributed by atoms with Gasteiger partial charge in [-0.1, -0.05) is 64.1 Å². The third kappa shape index (κ3) is 4.52. The molecule has 0 aliphatic heterocycles. The molecular weight excluding hydrogens is 408 g/mol. The highest BCUT2D eigenvalue weighted by Crippen LogP contribution is 2.46. The second kappa shape index (κ2) is 8.16. The molecule has 1 aromatic rings. The fourth-order valence-corrected chi connectivity index (χ4v) is 7.21. The van der Waals surface area contributed by atoms with Crippen LogP contribution in [-0.4, -0.2) is 22.0 Å². The zero-order valence-corrected chi connectivity index (χ0v) is 21.0. The van der Waals surface area contributed by atoms with Gasteiger partial charge in [-0.3, -0.25) is 0 Å². The van der Waals surface area contributed by atoms with Gasteiger partial charge in [0.05, 0.1) is 15.9 Å². The van der Waals surface area contributed by atoms with Crippen LogP contribution in [0.5, 0.6) is 0 Å². The number of rotatable bonds is 4. The molecule has 3 rings (SSSR count). The van der Waals surface area contributed by atoms with Crippen LogP contribution in [0.15, 0.2) is 71.4 Å². The van der Waals surface area contributed by atoms with Crippen LogP contribution in [0.25, 0.3) is 0 Å². The van der Waals surface area contributed by atoms with Crippen molar-refractivity contribution in [2.24, 2.45) is 11.3 Å². The van der Waals surface area contributed by atoms with E-state index in [1.807, 2.05) is 6.07 Å². The molecule has 2 aliphatic carbocycles. The SMILES string of the molecule is CC(C)(C)[Si](C)(C)OC1=C[C@H]2[C@@H](S(=O)(=O)c3ccccc3)CCC/C=C\[C@@]2(C)C=C1. The summed E-state index contributed by atoms with van der Waals surface area (Å²) in [4.78, 5) is 0.414. The molecule has 164 valence electrons. The Bertz CT molecular complexity index is 952. The van der Waals surface area contributed by atoms with Gasteiger partial charge in [0.25, 0.3) is 0 Å². The Hall–Kier alpha value is -1.59. The average Bonchev–Trinajstić information content (AvgIpc) is 2.64. The van der Waals surface area contributed by atoms with Gasteiger partial charge in [0, 0.05) is 11.3 Å². The summed E-state index contributed by atoms with van der Waals surface area (Å²) in [5.74, 6) is 0.662. The van der Waals surface area contributed by atoms with E-state index in [9.17, 15) is 8.42 Å². The molecule has 0 spiro atoms. The first kappa shape index (κ1) is 23.1. The molecule has 0 radical (unpaired) electrons. The number of sulfone groups is 1. The second-order valence-electron chi connectivity index (χ2n) is 10.4. The van der Waals surface area contributed by atoms with Crippen molar-refractivity contribution in [3.63, 3.8) is 0 Å². The van der Waals surface area contributed by atoms with Gasteiger partial charge in [0.15, 0.2) is 9.84 Å². The van der Waals surface area contributed by atoms with Crippen molar-refractivity contribution >= 4 is 18.2 Å². The lowest BCUT2D eigenvalue weighted by molar-refractivity contribution is 0.319. The van der Waals surface area contributed by atoms with Gasteiger partial charge in [-0.2, -0.15) is 0 Å². The zero-order valence-electron chi connectivity index (χ0n) is 19.2. The standard InChI is InChI=1S/C25H36O3SSi/c1-24(2,3)30(5,6)28-20-16-18-25(4)17-12-8-11-15-23(22(25)19-20)29(26,27)21-13-9-7-10-14-21/h7,9-10,12-14,16-19,22-23H,8,11,15H2,1-6H3/b17-12-/t22-,23-,25-/m0/s1. The number of hydrogen-bond acceptors (Lipinski definition) is 3. The molecule has 0 amide bonds. The minimum atomic E-state index is -3.46. The molecule has 0 N–H and O–H groups in total. The van der Waals surface area contributed by atoms with Crippen LogP contribution < -0.4 is 0 Å². The molecule has 1 aromatic carbocycles. The Kier molecular flexibility index (Phi) is 6.27. The minimum Gasteiger partial charge on any atom is -0.544 e. The molecule has 3 atom stereocenters. The van der Waals surface area contributed by atoms with E-state index < -0.39 is 23.4 Å². The lowest BCUT2D eigenvalue weighted by Gasteiger charge is -2.42. The number of benzene rings is 1. The summed E-state index contributed by atoms with van der Waals surface area (Å²) in [7, 11) is -5.48. The molecule has 0 saturated carbocycles. The first-order valence-electron chi connectivity index (χ1n) is 10.9. The number of allylic oxidation sites excluding steroid dienone is 5. The summed E-state index contributed by atoms with van der Waals surface area (Å²) in [5.41, 5.74) is -0.340. The van der Waals surface area contributed by atoms with Gasteiger partial charge in [0.1, 0.15) is 0 Å². The highest BCUT2D eigenvalue weighted by Gasteiger charge is 2.45. The van der Waals surface area contributed by atoms with Crippen LogP contribution in [-0.2, 0) is 14.3 Å². The van der Waals surface area contributed by atoms with Gasteiger partial charge in [0.2, 0.25) is 8.32 Å². The molecule has 30 heavy (non-hydrogen) atoms. The Morgan fingerprint density at radius 3 is 2.40 bits per heavy atom. The van der Waals surface area contributed by atoms with Crippen LogP contribution >= 0.6 is 0 Å². The van der Waals surface area contributed by atoms with Crippen LogP contribution in [0.3, 0.4) is 0 Å². The Morgan fingerprint density at radius 1 is 1.10 bits per heavy atom. The van der Waals surface area contributed by atoms with Crippen LogP contribution in [0.1, 0.15) is 47.0 Å². The average molecular weight is 445 g/mol. The smallest absolute Gasteiger partial charge is 0.250 e. The topological polar surface area (TPSA) is 43.4 Å². The van der Waals surface area contributed by atoms with Crippen LogP contribution in [0, 0.1) is 11.3 Å². The van der Waals surface area contributed by atoms with E-state index in [1.165, 1.54) is 0 Å². The molecule has 2 aliphatic rings. The lowest BCUT2D eigenvalue weighted by Crippen LogP contribution is -2.43. The fraction of sp³-hybridized carbons (Fsp3) is 0.520. The monoisotopic (exact) mass is 444 g/mol. The van der Waals surface area contributed by atoms with E-state index in [4.69, 9.17) is 4.43 Å². The highest BCUT2D eigenvalue weighted by atomic mass is 32.2. The van der Waals surface area contributed by atoms with Gasteiger partial charge in [-0.05, 0) is 61.7 Å². The quantitative estimate of drug-likeness (QED) is 0.385. The van der Waals surface area contributed by atoms with Crippen molar-refractivity contribution in [2.45, 2.75) is 75.2 Å². The third-order valence-corrected chi connectivity index (χ3v) is 13.7. The summed E-state index contributed by atoms with van der Waals surface area (Å²) < 4.78 is 34.0. The van der Waals surface area contributed by atoms with E-state index in [0.29, 0.717) is 11.3 Å². The maximum Gasteiger partial charge on any atom is 0.250 e. The Labute approximate surface area is 184 Å². The summed E-state index contributed by atoms with van der Waals surface area (Å²) in [6, 6.07) is 8.90. The summed E-state index contributed by atoms with van der Waals surface area (Å²) in [5, 5.41) is -0.392.